The lowest BCUT2D eigenvalue weighted by atomic mass is 10.1. The van der Waals surface area contributed by atoms with E-state index in [-0.39, 0.29) is 83.0 Å². The van der Waals surface area contributed by atoms with Crippen molar-refractivity contribution in [3.8, 4) is 0 Å². The summed E-state index contributed by atoms with van der Waals surface area (Å²) in [6, 6.07) is 4.75. The first-order valence-electron chi connectivity index (χ1n) is 15.8. The van der Waals surface area contributed by atoms with Crippen molar-refractivity contribution in [3.05, 3.63) is 42.0 Å². The number of rotatable bonds is 17. The van der Waals surface area contributed by atoms with Gasteiger partial charge in [-0.25, -0.2) is 14.4 Å². The van der Waals surface area contributed by atoms with Crippen molar-refractivity contribution in [1.82, 2.24) is 30.7 Å². The molecule has 18 nitrogen and oxygen atoms in total. The fourth-order valence-electron chi connectivity index (χ4n) is 4.91. The van der Waals surface area contributed by atoms with Crippen molar-refractivity contribution in [1.29, 1.82) is 0 Å². The van der Waals surface area contributed by atoms with Gasteiger partial charge in [-0.1, -0.05) is 18.6 Å². The van der Waals surface area contributed by atoms with Crippen molar-refractivity contribution >= 4 is 53.4 Å². The third-order valence-electron chi connectivity index (χ3n) is 7.64. The Kier molecular flexibility index (Phi) is 14.8. The van der Waals surface area contributed by atoms with Crippen LogP contribution in [0.2, 0.25) is 0 Å². The third-order valence-corrected chi connectivity index (χ3v) is 7.64. The molecule has 18 heteroatoms. The second-order valence-corrected chi connectivity index (χ2v) is 11.3. The molecule has 266 valence electrons. The van der Waals surface area contributed by atoms with Crippen molar-refractivity contribution in [3.63, 3.8) is 0 Å². The Bertz CT molecular complexity index is 1390. The number of primary amides is 1. The average Bonchev–Trinajstić information content (AvgIpc) is 3.40. The molecule has 1 fully saturated rings. The molecule has 2 aliphatic rings. The van der Waals surface area contributed by atoms with Gasteiger partial charge >= 0.3 is 18.2 Å². The lowest BCUT2D eigenvalue weighted by Crippen LogP contribution is -2.50. The minimum Gasteiger partial charge on any atom is -0.465 e. The predicted octanol–water partition coefficient (Wildman–Crippen LogP) is 0.0922. The Hall–Kier alpha value is -5.68. The number of carboxylic acid groups (broad SMARTS) is 1. The van der Waals surface area contributed by atoms with E-state index >= 15 is 0 Å². The maximum Gasteiger partial charge on any atom is 0.410 e. The Labute approximate surface area is 282 Å². The van der Waals surface area contributed by atoms with E-state index in [1.807, 2.05) is 0 Å². The lowest BCUT2D eigenvalue weighted by Gasteiger charge is -2.32. The van der Waals surface area contributed by atoms with Gasteiger partial charge in [-0.3, -0.25) is 28.9 Å². The first kappa shape index (κ1) is 37.8. The number of nitrogens with two attached hydrogens (primary N) is 1. The number of carbonyl (C=O) groups excluding carboxylic acids is 7. The van der Waals surface area contributed by atoms with Crippen molar-refractivity contribution in [2.45, 2.75) is 51.2 Å². The number of urea groups is 1. The molecule has 49 heavy (non-hydrogen) atoms. The number of carbonyl (C=O) groups is 8. The zero-order valence-electron chi connectivity index (χ0n) is 27.0. The number of benzene rings is 1. The van der Waals surface area contributed by atoms with E-state index in [1.165, 1.54) is 22.0 Å². The van der Waals surface area contributed by atoms with Crippen LogP contribution in [-0.4, -0.2) is 119 Å². The highest BCUT2D eigenvalue weighted by atomic mass is 16.6. The number of nitrogens with one attached hydrogen (secondary N) is 4. The van der Waals surface area contributed by atoms with E-state index < -0.39 is 36.1 Å². The van der Waals surface area contributed by atoms with Gasteiger partial charge in [-0.2, -0.15) is 0 Å². The van der Waals surface area contributed by atoms with Crippen molar-refractivity contribution in [2.75, 3.05) is 51.1 Å². The molecule has 7 N–H and O–H groups in total. The van der Waals surface area contributed by atoms with Gasteiger partial charge in [-0.05, 0) is 43.4 Å². The molecule has 9 amide bonds. The molecule has 0 radical (unpaired) electrons. The number of hydrogen-bond acceptors (Lipinski definition) is 9. The van der Waals surface area contributed by atoms with Gasteiger partial charge in [-0.15, -0.1) is 0 Å². The molecule has 2 aliphatic heterocycles. The number of amides is 9. The monoisotopic (exact) mass is 686 g/mol. The SMILES string of the molecule is NC(=O)NCCC[C@H](NC(=O)CNC(=O)CCCCCN1C(=O)C=CC1=O)C(=O)Nc1ccc(COC(=O)N2CCN(C(=O)O)CC2)cc1. The Balaban J connectivity index is 1.41. The van der Waals surface area contributed by atoms with Gasteiger partial charge < -0.3 is 46.6 Å². The highest BCUT2D eigenvalue weighted by Crippen LogP contribution is 2.13. The molecule has 0 aromatic heterocycles. The fourth-order valence-corrected chi connectivity index (χ4v) is 4.91. The van der Waals surface area contributed by atoms with Crippen LogP contribution in [0.5, 0.6) is 0 Å². The highest BCUT2D eigenvalue weighted by Gasteiger charge is 2.25. The zero-order valence-corrected chi connectivity index (χ0v) is 27.0. The summed E-state index contributed by atoms with van der Waals surface area (Å²) in [6.07, 6.45) is 3.05. The lowest BCUT2D eigenvalue weighted by molar-refractivity contribution is -0.137. The summed E-state index contributed by atoms with van der Waals surface area (Å²) in [7, 11) is 0. The summed E-state index contributed by atoms with van der Waals surface area (Å²) in [5.41, 5.74) is 6.14. The first-order valence-corrected chi connectivity index (χ1v) is 15.8. The normalized spacial score (nSPS) is 14.7. The molecule has 1 aromatic rings. The maximum atomic E-state index is 13.1. The number of nitrogens with zero attached hydrogens (tertiary/aromatic N) is 3. The molecule has 1 atom stereocenters. The molecule has 0 spiro atoms. The predicted molar refractivity (Wildman–Crippen MR) is 173 cm³/mol. The van der Waals surface area contributed by atoms with Gasteiger partial charge in [0.25, 0.3) is 11.8 Å². The minimum absolute atomic E-state index is 0.0399. The third kappa shape index (κ3) is 13.2. The number of hydrogen-bond donors (Lipinski definition) is 6. The molecule has 3 rings (SSSR count). The van der Waals surface area contributed by atoms with Crippen molar-refractivity contribution in [2.24, 2.45) is 5.73 Å². The van der Waals surface area contributed by atoms with Gasteiger partial charge in [0.15, 0.2) is 0 Å². The molecule has 2 heterocycles. The maximum absolute atomic E-state index is 13.1. The molecule has 0 bridgehead atoms. The van der Waals surface area contributed by atoms with E-state index in [1.54, 1.807) is 24.3 Å². The number of piperazine rings is 1. The largest absolute Gasteiger partial charge is 0.465 e. The molecule has 0 unspecified atom stereocenters. The van der Waals surface area contributed by atoms with E-state index in [9.17, 15) is 38.4 Å². The molecule has 0 saturated carbocycles. The van der Waals surface area contributed by atoms with E-state index in [0.717, 1.165) is 4.90 Å². The van der Waals surface area contributed by atoms with Gasteiger partial charge in [0.1, 0.15) is 12.6 Å². The summed E-state index contributed by atoms with van der Waals surface area (Å²) in [5.74, 6) is -2.22. The number of imide groups is 1. The molecule has 1 saturated heterocycles. The fraction of sp³-hybridized carbons (Fsp3) is 0.484. The Morgan fingerprint density at radius 1 is 0.837 bits per heavy atom. The summed E-state index contributed by atoms with van der Waals surface area (Å²) in [6.45, 7) is 0.887. The summed E-state index contributed by atoms with van der Waals surface area (Å²) in [5, 5.41) is 19.3. The summed E-state index contributed by atoms with van der Waals surface area (Å²) < 4.78 is 5.33. The van der Waals surface area contributed by atoms with E-state index in [4.69, 9.17) is 15.6 Å². The van der Waals surface area contributed by atoms with Crippen LogP contribution in [0.4, 0.5) is 20.1 Å². The quantitative estimate of drug-likeness (QED) is 0.0952. The second-order valence-electron chi connectivity index (χ2n) is 11.3. The zero-order chi connectivity index (χ0) is 35.8. The minimum atomic E-state index is -1.04. The standard InChI is InChI=1S/C31H42N8O10/c32-29(45)33-13-4-5-23(36-25(41)19-34-24(40)6-2-1-3-14-39-26(42)11-12-27(39)43)28(44)35-22-9-7-21(8-10-22)20-49-31(48)38-17-15-37(16-18-38)30(46)47/h7-12,23H,1-6,13-20H2,(H,34,40)(H,35,44)(H,36,41)(H,46,47)(H3,32,33,45)/t23-/m0/s1. The van der Waals surface area contributed by atoms with Crippen LogP contribution >= 0.6 is 0 Å². The molecule has 1 aromatic carbocycles. The van der Waals surface area contributed by atoms with Crippen LogP contribution < -0.4 is 27.0 Å². The van der Waals surface area contributed by atoms with Gasteiger partial charge in [0.2, 0.25) is 17.7 Å². The van der Waals surface area contributed by atoms with E-state index in [2.05, 4.69) is 21.3 Å². The molecule has 0 aliphatic carbocycles. The van der Waals surface area contributed by atoms with Gasteiger partial charge in [0.05, 0.1) is 6.54 Å². The van der Waals surface area contributed by atoms with Crippen LogP contribution in [-0.2, 0) is 35.3 Å². The Morgan fingerprint density at radius 3 is 2.12 bits per heavy atom. The molecular weight excluding hydrogens is 644 g/mol. The number of anilines is 1. The second kappa shape index (κ2) is 19.2. The smallest absolute Gasteiger partial charge is 0.410 e. The van der Waals surface area contributed by atoms with Crippen LogP contribution in [0.3, 0.4) is 0 Å². The molecular formula is C31H42N8O10. The Morgan fingerprint density at radius 2 is 1.49 bits per heavy atom. The van der Waals surface area contributed by atoms with Crippen LogP contribution in [0, 0.1) is 0 Å². The average molecular weight is 687 g/mol. The van der Waals surface area contributed by atoms with Crippen molar-refractivity contribution < 1.29 is 48.2 Å². The van der Waals surface area contributed by atoms with Crippen LogP contribution in [0.15, 0.2) is 36.4 Å². The first-order chi connectivity index (χ1) is 23.4. The number of ether oxygens (including phenoxy) is 1. The summed E-state index contributed by atoms with van der Waals surface area (Å²) >= 11 is 0. The van der Waals surface area contributed by atoms with Crippen LogP contribution in [0.1, 0.15) is 44.1 Å². The number of unbranched alkanes of at least 4 members (excludes halogenated alkanes) is 2. The van der Waals surface area contributed by atoms with Gasteiger partial charge in [0, 0.05) is 63.5 Å². The van der Waals surface area contributed by atoms with Crippen LogP contribution in [0.25, 0.3) is 0 Å². The topological polar surface area (TPSA) is 250 Å². The highest BCUT2D eigenvalue weighted by molar-refractivity contribution is 6.12. The van der Waals surface area contributed by atoms with E-state index in [0.29, 0.717) is 36.9 Å². The summed E-state index contributed by atoms with van der Waals surface area (Å²) in [4.78, 5) is 99.3.